The summed E-state index contributed by atoms with van der Waals surface area (Å²) in [4.78, 5) is 0. The smallest absolute Gasteiger partial charge is 0.0320 e. The molecule has 0 aliphatic heterocycles. The third-order valence-corrected chi connectivity index (χ3v) is 3.78. The molecule has 0 fully saturated rings. The van der Waals surface area contributed by atoms with E-state index in [-0.39, 0.29) is 0 Å². The van der Waals surface area contributed by atoms with Crippen LogP contribution in [0.15, 0.2) is 24.3 Å². The molecule has 0 saturated heterocycles. The van der Waals surface area contributed by atoms with E-state index in [9.17, 15) is 0 Å². The second-order valence-electron chi connectivity index (χ2n) is 5.45. The molecule has 1 nitrogen and oxygen atoms in total. The van der Waals surface area contributed by atoms with Crippen LogP contribution >= 0.6 is 0 Å². The normalized spacial score (nSPS) is 12.6. The minimum absolute atomic E-state index is 0.544. The van der Waals surface area contributed by atoms with Gasteiger partial charge in [-0.25, -0.2) is 0 Å². The molecule has 0 aromatic heterocycles. The van der Waals surface area contributed by atoms with Crippen molar-refractivity contribution in [2.24, 2.45) is 0 Å². The van der Waals surface area contributed by atoms with E-state index in [0.717, 1.165) is 13.0 Å². The van der Waals surface area contributed by atoms with E-state index in [1.165, 1.54) is 49.7 Å². The van der Waals surface area contributed by atoms with E-state index >= 15 is 0 Å². The van der Waals surface area contributed by atoms with Gasteiger partial charge in [-0.05, 0) is 36.9 Å². The minimum atomic E-state index is 0.544. The van der Waals surface area contributed by atoms with E-state index in [1.807, 2.05) is 0 Å². The fourth-order valence-electron chi connectivity index (χ4n) is 2.47. The van der Waals surface area contributed by atoms with Gasteiger partial charge in [-0.15, -0.1) is 0 Å². The Balaban J connectivity index is 2.55. The van der Waals surface area contributed by atoms with Crippen LogP contribution in [0, 0.1) is 0 Å². The van der Waals surface area contributed by atoms with Gasteiger partial charge in [0.15, 0.2) is 0 Å². The predicted octanol–water partition coefficient (Wildman–Crippen LogP) is 5.26. The third-order valence-electron chi connectivity index (χ3n) is 3.78. The van der Waals surface area contributed by atoms with E-state index in [2.05, 4.69) is 50.4 Å². The van der Waals surface area contributed by atoms with Crippen LogP contribution < -0.4 is 5.32 Å². The summed E-state index contributed by atoms with van der Waals surface area (Å²) in [5.74, 6) is 0. The number of benzene rings is 1. The zero-order valence-electron chi connectivity index (χ0n) is 13.0. The molecule has 1 N–H and O–H groups in total. The molecule has 108 valence electrons. The highest BCUT2D eigenvalue weighted by Gasteiger charge is 2.09. The molecule has 1 atom stereocenters. The van der Waals surface area contributed by atoms with Crippen LogP contribution in [0.2, 0.25) is 0 Å². The fourth-order valence-corrected chi connectivity index (χ4v) is 2.47. The number of nitrogens with one attached hydrogen (secondary N) is 1. The lowest BCUT2D eigenvalue weighted by atomic mass is 9.98. The Morgan fingerprint density at radius 2 is 1.63 bits per heavy atom. The van der Waals surface area contributed by atoms with Gasteiger partial charge in [0.1, 0.15) is 0 Å². The van der Waals surface area contributed by atoms with Crippen LogP contribution in [0.3, 0.4) is 0 Å². The lowest BCUT2D eigenvalue weighted by Crippen LogP contribution is -2.22. The molecule has 0 saturated carbocycles. The van der Waals surface area contributed by atoms with Gasteiger partial charge in [-0.2, -0.15) is 0 Å². The zero-order chi connectivity index (χ0) is 13.9. The van der Waals surface area contributed by atoms with Crippen molar-refractivity contribution in [1.29, 1.82) is 0 Å². The Labute approximate surface area is 119 Å². The second kappa shape index (κ2) is 10.0. The first kappa shape index (κ1) is 16.2. The van der Waals surface area contributed by atoms with Crippen molar-refractivity contribution < 1.29 is 0 Å². The summed E-state index contributed by atoms with van der Waals surface area (Å²) < 4.78 is 0. The molecule has 1 heteroatoms. The van der Waals surface area contributed by atoms with Crippen molar-refractivity contribution in [1.82, 2.24) is 5.32 Å². The molecular formula is C18H31N. The Morgan fingerprint density at radius 3 is 2.21 bits per heavy atom. The first-order valence-corrected chi connectivity index (χ1v) is 8.14. The third kappa shape index (κ3) is 6.24. The van der Waals surface area contributed by atoms with Crippen LogP contribution in [-0.2, 0) is 6.42 Å². The molecule has 1 unspecified atom stereocenters. The number of unbranched alkanes of at least 4 members (excludes halogenated alkanes) is 3. The Kier molecular flexibility index (Phi) is 8.57. The van der Waals surface area contributed by atoms with Crippen molar-refractivity contribution in [2.75, 3.05) is 6.54 Å². The summed E-state index contributed by atoms with van der Waals surface area (Å²) in [6, 6.07) is 9.73. The standard InChI is InChI=1S/C18H31N/c1-4-7-8-9-10-18(19-15-5-2)17-13-11-16(6-3)12-14-17/h11-14,18-19H,4-10,15H2,1-3H3. The van der Waals surface area contributed by atoms with Gasteiger partial charge >= 0.3 is 0 Å². The van der Waals surface area contributed by atoms with Crippen molar-refractivity contribution in [3.63, 3.8) is 0 Å². The van der Waals surface area contributed by atoms with Crippen molar-refractivity contribution >= 4 is 0 Å². The van der Waals surface area contributed by atoms with Crippen LogP contribution in [0.1, 0.15) is 76.5 Å². The topological polar surface area (TPSA) is 12.0 Å². The molecule has 0 radical (unpaired) electrons. The van der Waals surface area contributed by atoms with Gasteiger partial charge in [-0.1, -0.05) is 70.7 Å². The van der Waals surface area contributed by atoms with E-state index in [1.54, 1.807) is 0 Å². The zero-order valence-corrected chi connectivity index (χ0v) is 13.0. The van der Waals surface area contributed by atoms with Gasteiger partial charge in [0.25, 0.3) is 0 Å². The number of hydrogen-bond donors (Lipinski definition) is 1. The number of rotatable bonds is 10. The fraction of sp³-hybridized carbons (Fsp3) is 0.667. The first-order valence-electron chi connectivity index (χ1n) is 8.14. The van der Waals surface area contributed by atoms with Crippen LogP contribution in [0.5, 0.6) is 0 Å². The SMILES string of the molecule is CCCCCCC(NCCC)c1ccc(CC)cc1. The van der Waals surface area contributed by atoms with Gasteiger partial charge < -0.3 is 5.32 Å². The summed E-state index contributed by atoms with van der Waals surface area (Å²) >= 11 is 0. The summed E-state index contributed by atoms with van der Waals surface area (Å²) in [6.45, 7) is 7.85. The Morgan fingerprint density at radius 1 is 0.895 bits per heavy atom. The average molecular weight is 261 g/mol. The van der Waals surface area contributed by atoms with Crippen LogP contribution in [0.4, 0.5) is 0 Å². The van der Waals surface area contributed by atoms with Crippen LogP contribution in [-0.4, -0.2) is 6.54 Å². The maximum Gasteiger partial charge on any atom is 0.0320 e. The monoisotopic (exact) mass is 261 g/mol. The summed E-state index contributed by atoms with van der Waals surface area (Å²) in [5, 5.41) is 3.70. The molecule has 0 aliphatic rings. The average Bonchev–Trinajstić information content (AvgIpc) is 2.47. The first-order chi connectivity index (χ1) is 9.31. The molecule has 0 spiro atoms. The number of hydrogen-bond acceptors (Lipinski definition) is 1. The minimum Gasteiger partial charge on any atom is -0.310 e. The van der Waals surface area contributed by atoms with Gasteiger partial charge in [0.05, 0.1) is 0 Å². The molecule has 1 aromatic rings. The molecule has 0 aliphatic carbocycles. The molecule has 0 amide bonds. The highest BCUT2D eigenvalue weighted by Crippen LogP contribution is 2.21. The Bertz CT molecular complexity index is 315. The molecular weight excluding hydrogens is 230 g/mol. The van der Waals surface area contributed by atoms with Crippen molar-refractivity contribution in [3.05, 3.63) is 35.4 Å². The van der Waals surface area contributed by atoms with Crippen LogP contribution in [0.25, 0.3) is 0 Å². The van der Waals surface area contributed by atoms with E-state index < -0.39 is 0 Å². The number of aryl methyl sites for hydroxylation is 1. The largest absolute Gasteiger partial charge is 0.310 e. The van der Waals surface area contributed by atoms with Gasteiger partial charge in [-0.3, -0.25) is 0 Å². The molecule has 0 bridgehead atoms. The maximum absolute atomic E-state index is 3.70. The molecule has 1 aromatic carbocycles. The lowest BCUT2D eigenvalue weighted by Gasteiger charge is -2.19. The lowest BCUT2D eigenvalue weighted by molar-refractivity contribution is 0.470. The van der Waals surface area contributed by atoms with E-state index in [0.29, 0.717) is 6.04 Å². The highest BCUT2D eigenvalue weighted by molar-refractivity contribution is 5.25. The van der Waals surface area contributed by atoms with E-state index in [4.69, 9.17) is 0 Å². The molecule has 1 rings (SSSR count). The highest BCUT2D eigenvalue weighted by atomic mass is 14.9. The van der Waals surface area contributed by atoms with Crippen molar-refractivity contribution in [3.8, 4) is 0 Å². The van der Waals surface area contributed by atoms with Crippen molar-refractivity contribution in [2.45, 2.75) is 71.8 Å². The van der Waals surface area contributed by atoms with Gasteiger partial charge in [0, 0.05) is 6.04 Å². The predicted molar refractivity (Wildman–Crippen MR) is 85.6 cm³/mol. The quantitative estimate of drug-likeness (QED) is 0.566. The molecule has 0 heterocycles. The summed E-state index contributed by atoms with van der Waals surface area (Å²) in [7, 11) is 0. The molecule has 19 heavy (non-hydrogen) atoms. The Hall–Kier alpha value is -0.820. The summed E-state index contributed by atoms with van der Waals surface area (Å²) in [6.07, 6.45) is 9.00. The maximum atomic E-state index is 3.70. The second-order valence-corrected chi connectivity index (χ2v) is 5.45. The van der Waals surface area contributed by atoms with Gasteiger partial charge in [0.2, 0.25) is 0 Å². The summed E-state index contributed by atoms with van der Waals surface area (Å²) in [5.41, 5.74) is 2.89.